The minimum Gasteiger partial charge on any atom is -0.481 e. The highest BCUT2D eigenvalue weighted by atomic mass is 16.5. The molecule has 1 atom stereocenters. The lowest BCUT2D eigenvalue weighted by atomic mass is 10.0. The molecule has 4 nitrogen and oxygen atoms in total. The summed E-state index contributed by atoms with van der Waals surface area (Å²) in [6, 6.07) is 0. The van der Waals surface area contributed by atoms with Gasteiger partial charge in [0.2, 0.25) is 0 Å². The number of allylic oxidation sites excluding steroid dienone is 4. The van der Waals surface area contributed by atoms with Gasteiger partial charge in [-0.2, -0.15) is 0 Å². The summed E-state index contributed by atoms with van der Waals surface area (Å²) in [6.45, 7) is 4.54. The third kappa shape index (κ3) is 36.8. The van der Waals surface area contributed by atoms with Crippen LogP contribution in [0.25, 0.3) is 0 Å². The lowest BCUT2D eigenvalue weighted by molar-refractivity contribution is -0.150. The predicted molar refractivity (Wildman–Crippen MR) is 195 cm³/mol. The van der Waals surface area contributed by atoms with Gasteiger partial charge in [-0.05, 0) is 83.5 Å². The van der Waals surface area contributed by atoms with Gasteiger partial charge in [0.05, 0.1) is 0 Å². The number of rotatable bonds is 36. The fourth-order valence-electron chi connectivity index (χ4n) is 5.95. The molecule has 0 heterocycles. The first-order valence-corrected chi connectivity index (χ1v) is 19.8. The van der Waals surface area contributed by atoms with Crippen LogP contribution in [0.5, 0.6) is 0 Å². The van der Waals surface area contributed by atoms with Crippen LogP contribution in [0.15, 0.2) is 24.3 Å². The summed E-state index contributed by atoms with van der Waals surface area (Å²) in [6.07, 6.45) is 46.9. The van der Waals surface area contributed by atoms with E-state index in [2.05, 4.69) is 38.2 Å². The Labute approximate surface area is 280 Å². The monoisotopic (exact) mass is 633 g/mol. The Morgan fingerprint density at radius 1 is 0.467 bits per heavy atom. The number of carboxylic acid groups (broad SMARTS) is 1. The molecule has 4 heteroatoms. The van der Waals surface area contributed by atoms with E-state index in [-0.39, 0.29) is 24.9 Å². The van der Waals surface area contributed by atoms with E-state index in [9.17, 15) is 9.59 Å². The van der Waals surface area contributed by atoms with Crippen molar-refractivity contribution in [2.24, 2.45) is 0 Å². The number of esters is 1. The number of ether oxygens (including phenoxy) is 1. The fourth-order valence-corrected chi connectivity index (χ4v) is 5.95. The molecule has 0 rings (SSSR count). The van der Waals surface area contributed by atoms with Gasteiger partial charge in [0.15, 0.2) is 0 Å². The van der Waals surface area contributed by atoms with Gasteiger partial charge in [-0.15, -0.1) is 0 Å². The summed E-state index contributed by atoms with van der Waals surface area (Å²) in [7, 11) is 0. The van der Waals surface area contributed by atoms with E-state index in [1.807, 2.05) is 0 Å². The molecule has 0 aromatic carbocycles. The van der Waals surface area contributed by atoms with E-state index < -0.39 is 5.97 Å². The van der Waals surface area contributed by atoms with Crippen molar-refractivity contribution in [1.29, 1.82) is 0 Å². The topological polar surface area (TPSA) is 63.6 Å². The molecule has 264 valence electrons. The van der Waals surface area contributed by atoms with Gasteiger partial charge in [-0.3, -0.25) is 9.59 Å². The van der Waals surface area contributed by atoms with Crippen molar-refractivity contribution in [2.75, 3.05) is 0 Å². The van der Waals surface area contributed by atoms with Crippen LogP contribution in [0.2, 0.25) is 0 Å². The average Bonchev–Trinajstić information content (AvgIpc) is 3.02. The lowest BCUT2D eigenvalue weighted by Gasteiger charge is -2.18. The number of hydrogen-bond acceptors (Lipinski definition) is 3. The highest BCUT2D eigenvalue weighted by Crippen LogP contribution is 2.18. The number of aliphatic carboxylic acids is 1. The predicted octanol–water partition coefficient (Wildman–Crippen LogP) is 13.6. The van der Waals surface area contributed by atoms with Crippen molar-refractivity contribution in [2.45, 2.75) is 225 Å². The number of carboxylic acids is 1. The second kappa shape index (κ2) is 36.9. The highest BCUT2D eigenvalue weighted by molar-refractivity contribution is 5.71. The fraction of sp³-hybridized carbons (Fsp3) is 0.854. The average molecular weight is 633 g/mol. The summed E-state index contributed by atoms with van der Waals surface area (Å²) in [4.78, 5) is 23.1. The van der Waals surface area contributed by atoms with Crippen LogP contribution in [0.4, 0.5) is 0 Å². The third-order valence-corrected chi connectivity index (χ3v) is 8.90. The van der Waals surface area contributed by atoms with E-state index >= 15 is 0 Å². The van der Waals surface area contributed by atoms with Crippen LogP contribution in [0, 0.1) is 0 Å². The molecule has 1 unspecified atom stereocenters. The molecular weight excluding hydrogens is 556 g/mol. The highest BCUT2D eigenvalue weighted by Gasteiger charge is 2.14. The molecule has 0 bridgehead atoms. The zero-order valence-electron chi connectivity index (χ0n) is 30.2. The Balaban J connectivity index is 3.97. The van der Waals surface area contributed by atoms with E-state index in [1.54, 1.807) is 0 Å². The van der Waals surface area contributed by atoms with Crippen LogP contribution in [-0.4, -0.2) is 23.1 Å². The molecule has 0 saturated heterocycles. The van der Waals surface area contributed by atoms with E-state index in [0.29, 0.717) is 6.42 Å². The van der Waals surface area contributed by atoms with Crippen molar-refractivity contribution in [3.8, 4) is 0 Å². The second-order valence-electron chi connectivity index (χ2n) is 13.5. The zero-order valence-corrected chi connectivity index (χ0v) is 30.2. The minimum absolute atomic E-state index is 0.0102. The van der Waals surface area contributed by atoms with Gasteiger partial charge in [-0.1, -0.05) is 147 Å². The molecule has 0 aromatic rings. The molecule has 1 N–H and O–H groups in total. The van der Waals surface area contributed by atoms with E-state index in [4.69, 9.17) is 9.84 Å². The Hall–Kier alpha value is -1.58. The van der Waals surface area contributed by atoms with Crippen molar-refractivity contribution in [3.63, 3.8) is 0 Å². The molecular formula is C41H76O4. The molecule has 0 aliphatic carbocycles. The largest absolute Gasteiger partial charge is 0.481 e. The smallest absolute Gasteiger partial charge is 0.306 e. The van der Waals surface area contributed by atoms with Crippen molar-refractivity contribution in [3.05, 3.63) is 24.3 Å². The number of hydrogen-bond donors (Lipinski definition) is 1. The van der Waals surface area contributed by atoms with Crippen LogP contribution in [-0.2, 0) is 14.3 Å². The van der Waals surface area contributed by atoms with Crippen LogP contribution >= 0.6 is 0 Å². The number of carbonyl (C=O) groups is 2. The Morgan fingerprint density at radius 3 is 1.16 bits per heavy atom. The summed E-state index contributed by atoms with van der Waals surface area (Å²) in [5.41, 5.74) is 0. The molecule has 0 spiro atoms. The minimum atomic E-state index is -0.850. The molecule has 45 heavy (non-hydrogen) atoms. The van der Waals surface area contributed by atoms with Gasteiger partial charge < -0.3 is 9.84 Å². The Morgan fingerprint density at radius 2 is 0.800 bits per heavy atom. The maximum Gasteiger partial charge on any atom is 0.306 e. The SMILES string of the molecule is CCCCCCCC/C=C\CCCCCCCCC(CCCCCCC/C=C\CCCCCCCC)OC(=O)CCCC(=O)O. The molecule has 0 aliphatic heterocycles. The van der Waals surface area contributed by atoms with Gasteiger partial charge in [0.25, 0.3) is 0 Å². The standard InChI is InChI=1S/C41H76O4/c1-3-5-7-9-11-13-15-17-19-21-23-25-27-29-31-33-36-39(45-41(44)38-34-37-40(42)43)35-32-30-28-26-24-22-20-18-16-14-12-10-8-6-4-2/h17-20,39H,3-16,21-38H2,1-2H3,(H,42,43)/b19-17-,20-18-. The van der Waals surface area contributed by atoms with E-state index in [0.717, 1.165) is 25.7 Å². The third-order valence-electron chi connectivity index (χ3n) is 8.90. The van der Waals surface area contributed by atoms with Gasteiger partial charge >= 0.3 is 11.9 Å². The lowest BCUT2D eigenvalue weighted by Crippen LogP contribution is -2.18. The maximum absolute atomic E-state index is 12.3. The van der Waals surface area contributed by atoms with Crippen LogP contribution in [0.3, 0.4) is 0 Å². The summed E-state index contributed by atoms with van der Waals surface area (Å²) in [5, 5.41) is 8.86. The Bertz CT molecular complexity index is 683. The first-order chi connectivity index (χ1) is 22.1. The molecule has 0 saturated carbocycles. The number of unbranched alkanes of at least 4 members (excludes halogenated alkanes) is 23. The Kier molecular flexibility index (Phi) is 35.6. The van der Waals surface area contributed by atoms with E-state index in [1.165, 1.54) is 161 Å². The zero-order chi connectivity index (χ0) is 32.9. The van der Waals surface area contributed by atoms with Gasteiger partial charge in [0, 0.05) is 12.8 Å². The summed E-state index contributed by atoms with van der Waals surface area (Å²) in [5.74, 6) is -1.07. The molecule has 0 radical (unpaired) electrons. The maximum atomic E-state index is 12.3. The summed E-state index contributed by atoms with van der Waals surface area (Å²) < 4.78 is 5.83. The van der Waals surface area contributed by atoms with Crippen LogP contribution in [0.1, 0.15) is 219 Å². The quantitative estimate of drug-likeness (QED) is 0.0424. The normalized spacial score (nSPS) is 12.4. The molecule has 0 aliphatic rings. The van der Waals surface area contributed by atoms with Crippen LogP contribution < -0.4 is 0 Å². The summed E-state index contributed by atoms with van der Waals surface area (Å²) >= 11 is 0. The van der Waals surface area contributed by atoms with Gasteiger partial charge in [-0.25, -0.2) is 0 Å². The molecule has 0 aromatic heterocycles. The van der Waals surface area contributed by atoms with Crippen molar-refractivity contribution >= 4 is 11.9 Å². The van der Waals surface area contributed by atoms with Crippen molar-refractivity contribution < 1.29 is 19.4 Å². The molecule has 0 fully saturated rings. The van der Waals surface area contributed by atoms with Gasteiger partial charge in [0.1, 0.15) is 6.10 Å². The first-order valence-electron chi connectivity index (χ1n) is 19.8. The first kappa shape index (κ1) is 43.4. The number of carbonyl (C=O) groups excluding carboxylic acids is 1. The second-order valence-corrected chi connectivity index (χ2v) is 13.5. The van der Waals surface area contributed by atoms with Crippen molar-refractivity contribution in [1.82, 2.24) is 0 Å². The molecule has 0 amide bonds.